The highest BCUT2D eigenvalue weighted by molar-refractivity contribution is 9.10. The van der Waals surface area contributed by atoms with Crippen molar-refractivity contribution in [3.05, 3.63) is 94.0 Å². The Morgan fingerprint density at radius 1 is 1.12 bits per heavy atom. The smallest absolute Gasteiger partial charge is 0.407 e. The molecule has 4 rings (SSSR count). The van der Waals surface area contributed by atoms with Gasteiger partial charge in [-0.15, -0.1) is 0 Å². The van der Waals surface area contributed by atoms with Crippen LogP contribution in [0.5, 0.6) is 5.75 Å². The Hall–Kier alpha value is -3.13. The highest BCUT2D eigenvalue weighted by Gasteiger charge is 2.45. The Kier molecular flexibility index (Phi) is 6.83. The maximum Gasteiger partial charge on any atom is 0.407 e. The molecule has 2 N–H and O–H groups in total. The van der Waals surface area contributed by atoms with Crippen molar-refractivity contribution < 1.29 is 23.0 Å². The van der Waals surface area contributed by atoms with Crippen molar-refractivity contribution in [3.63, 3.8) is 0 Å². The molecule has 8 heteroatoms. The molecule has 0 radical (unpaired) electrons. The number of amides is 1. The van der Waals surface area contributed by atoms with Gasteiger partial charge in [0.1, 0.15) is 12.4 Å². The van der Waals surface area contributed by atoms with Crippen LogP contribution < -0.4 is 15.4 Å². The Balaban J connectivity index is 1.56. The molecule has 1 heterocycles. The Morgan fingerprint density at radius 3 is 2.55 bits per heavy atom. The summed E-state index contributed by atoms with van der Waals surface area (Å²) in [7, 11) is 1.53. The third-order valence-electron chi connectivity index (χ3n) is 5.61. The lowest BCUT2D eigenvalue weighted by atomic mass is 9.87. The van der Waals surface area contributed by atoms with Gasteiger partial charge in [0.15, 0.2) is 0 Å². The van der Waals surface area contributed by atoms with Crippen LogP contribution in [0.3, 0.4) is 0 Å². The van der Waals surface area contributed by atoms with Crippen LogP contribution in [0.4, 0.5) is 19.3 Å². The number of nitrogens with one attached hydrogen (secondary N) is 2. The molecule has 172 valence electrons. The summed E-state index contributed by atoms with van der Waals surface area (Å²) in [5, 5.41) is 5.72. The largest absolute Gasteiger partial charge is 0.497 e. The lowest BCUT2D eigenvalue weighted by Crippen LogP contribution is -2.45. The number of carbonyl (C=O) groups excluding carboxylic acids is 1. The van der Waals surface area contributed by atoms with E-state index in [9.17, 15) is 4.79 Å². The molecule has 33 heavy (non-hydrogen) atoms. The molecule has 5 nitrogen and oxygen atoms in total. The average Bonchev–Trinajstić information content (AvgIpc) is 2.83. The normalized spacial score (nSPS) is 17.5. The van der Waals surface area contributed by atoms with E-state index >= 15 is 8.78 Å². The second-order valence-electron chi connectivity index (χ2n) is 7.77. The van der Waals surface area contributed by atoms with Crippen LogP contribution >= 0.6 is 15.9 Å². The molecule has 0 spiro atoms. The van der Waals surface area contributed by atoms with Crippen LogP contribution in [0.2, 0.25) is 0 Å². The molecule has 0 saturated carbocycles. The topological polar surface area (TPSA) is 59.6 Å². The number of hydrogen-bond donors (Lipinski definition) is 2. The molecule has 0 saturated heterocycles. The summed E-state index contributed by atoms with van der Waals surface area (Å²) in [6.45, 7) is 0.0844. The zero-order valence-corrected chi connectivity index (χ0v) is 19.4. The van der Waals surface area contributed by atoms with E-state index in [-0.39, 0.29) is 18.6 Å². The van der Waals surface area contributed by atoms with Crippen LogP contribution in [0, 0.1) is 0 Å². The Bertz CT molecular complexity index is 1110. The first-order valence-electron chi connectivity index (χ1n) is 10.4. The second kappa shape index (κ2) is 9.79. The summed E-state index contributed by atoms with van der Waals surface area (Å²) >= 11 is 3.28. The Labute approximate surface area is 199 Å². The summed E-state index contributed by atoms with van der Waals surface area (Å²) in [6.07, 6.45) is -0.714. The van der Waals surface area contributed by atoms with Gasteiger partial charge < -0.3 is 20.1 Å². The van der Waals surface area contributed by atoms with E-state index in [1.54, 1.807) is 30.3 Å². The second-order valence-corrected chi connectivity index (χ2v) is 8.69. The Morgan fingerprint density at radius 2 is 1.85 bits per heavy atom. The quantitative estimate of drug-likeness (QED) is 0.397. The molecule has 0 unspecified atom stereocenters. The van der Waals surface area contributed by atoms with E-state index in [0.29, 0.717) is 17.0 Å². The van der Waals surface area contributed by atoms with Gasteiger partial charge in [-0.05, 0) is 42.3 Å². The van der Waals surface area contributed by atoms with E-state index in [4.69, 9.17) is 9.47 Å². The molecular formula is C25H23BrF2N2O3. The highest BCUT2D eigenvalue weighted by Crippen LogP contribution is 2.43. The van der Waals surface area contributed by atoms with Crippen molar-refractivity contribution >= 4 is 27.7 Å². The highest BCUT2D eigenvalue weighted by atomic mass is 79.9. The number of benzene rings is 3. The van der Waals surface area contributed by atoms with E-state index in [1.165, 1.54) is 19.2 Å². The maximum atomic E-state index is 15.4. The minimum Gasteiger partial charge on any atom is -0.497 e. The van der Waals surface area contributed by atoms with Gasteiger partial charge in [0.2, 0.25) is 0 Å². The molecular weight excluding hydrogens is 494 g/mol. The van der Waals surface area contributed by atoms with E-state index < -0.39 is 24.1 Å². The van der Waals surface area contributed by atoms with Gasteiger partial charge in [-0.25, -0.2) is 4.79 Å². The predicted octanol–water partition coefficient (Wildman–Crippen LogP) is 6.40. The molecule has 0 fully saturated rings. The fourth-order valence-corrected chi connectivity index (χ4v) is 4.12. The van der Waals surface area contributed by atoms with Crippen molar-refractivity contribution in [2.24, 2.45) is 0 Å². The SMILES string of the molecule is COc1ccc2c(c1)[C@@H](NC(=O)OCc1ccccc1)C[C@@H](C(F)(F)c1ccc(Br)cc1)N2. The summed E-state index contributed by atoms with van der Waals surface area (Å²) in [6, 6.07) is 18.4. The van der Waals surface area contributed by atoms with E-state index in [2.05, 4.69) is 26.6 Å². The number of rotatable bonds is 6. The number of anilines is 1. The monoisotopic (exact) mass is 516 g/mol. The van der Waals surface area contributed by atoms with Crippen LogP contribution in [0.15, 0.2) is 77.3 Å². The molecule has 1 amide bonds. The predicted molar refractivity (Wildman–Crippen MR) is 126 cm³/mol. The van der Waals surface area contributed by atoms with Crippen LogP contribution in [0.25, 0.3) is 0 Å². The molecule has 1 aliphatic heterocycles. The van der Waals surface area contributed by atoms with Gasteiger partial charge in [-0.2, -0.15) is 8.78 Å². The van der Waals surface area contributed by atoms with Crippen molar-refractivity contribution in [2.45, 2.75) is 31.0 Å². The molecule has 0 aromatic heterocycles. The summed E-state index contributed by atoms with van der Waals surface area (Å²) in [4.78, 5) is 12.5. The van der Waals surface area contributed by atoms with Gasteiger partial charge in [0.25, 0.3) is 5.92 Å². The molecule has 1 aliphatic rings. The summed E-state index contributed by atoms with van der Waals surface area (Å²) in [5.41, 5.74) is 1.90. The lowest BCUT2D eigenvalue weighted by Gasteiger charge is -2.37. The minimum absolute atomic E-state index is 0.0380. The number of alkyl carbamates (subject to hydrolysis) is 1. The molecule has 2 atom stereocenters. The third kappa shape index (κ3) is 5.27. The first-order chi connectivity index (χ1) is 15.9. The molecule has 3 aromatic carbocycles. The minimum atomic E-state index is -3.17. The van der Waals surface area contributed by atoms with Gasteiger partial charge in [-0.3, -0.25) is 0 Å². The number of methoxy groups -OCH3 is 1. The number of hydrogen-bond acceptors (Lipinski definition) is 4. The third-order valence-corrected chi connectivity index (χ3v) is 6.14. The van der Waals surface area contributed by atoms with Gasteiger partial charge in [0.05, 0.1) is 19.2 Å². The number of fused-ring (bicyclic) bond motifs is 1. The fraction of sp³-hybridized carbons (Fsp3) is 0.240. The van der Waals surface area contributed by atoms with Crippen LogP contribution in [0.1, 0.15) is 29.2 Å². The lowest BCUT2D eigenvalue weighted by molar-refractivity contribution is -0.0308. The summed E-state index contributed by atoms with van der Waals surface area (Å²) < 4.78 is 42.2. The fourth-order valence-electron chi connectivity index (χ4n) is 3.85. The van der Waals surface area contributed by atoms with Crippen molar-refractivity contribution in [1.29, 1.82) is 0 Å². The number of carbonyl (C=O) groups is 1. The van der Waals surface area contributed by atoms with Crippen molar-refractivity contribution in [1.82, 2.24) is 5.32 Å². The van der Waals surface area contributed by atoms with Crippen LogP contribution in [-0.4, -0.2) is 19.2 Å². The van der Waals surface area contributed by atoms with Crippen LogP contribution in [-0.2, 0) is 17.3 Å². The number of ether oxygens (including phenoxy) is 2. The zero-order chi connectivity index (χ0) is 23.4. The molecule has 0 bridgehead atoms. The molecule has 0 aliphatic carbocycles. The van der Waals surface area contributed by atoms with Gasteiger partial charge in [0, 0.05) is 21.3 Å². The van der Waals surface area contributed by atoms with E-state index in [0.717, 1.165) is 10.0 Å². The first kappa shape index (κ1) is 23.0. The maximum absolute atomic E-state index is 15.4. The summed E-state index contributed by atoms with van der Waals surface area (Å²) in [5.74, 6) is -2.61. The van der Waals surface area contributed by atoms with Crippen molar-refractivity contribution in [2.75, 3.05) is 12.4 Å². The van der Waals surface area contributed by atoms with Gasteiger partial charge >= 0.3 is 6.09 Å². The number of halogens is 3. The number of alkyl halides is 2. The zero-order valence-electron chi connectivity index (χ0n) is 17.9. The van der Waals surface area contributed by atoms with Crippen molar-refractivity contribution in [3.8, 4) is 5.75 Å². The molecule has 3 aromatic rings. The standard InChI is InChI=1S/C25H23BrF2N2O3/c1-32-19-11-12-21-20(13-19)22(30-24(31)33-15-16-5-3-2-4-6-16)14-23(29-21)25(27,28)17-7-9-18(26)10-8-17/h2-13,22-23,29H,14-15H2,1H3,(H,30,31)/t22-,23-/m0/s1. The average molecular weight is 517 g/mol. The van der Waals surface area contributed by atoms with Gasteiger partial charge in [-0.1, -0.05) is 58.4 Å². The first-order valence-corrected chi connectivity index (χ1v) is 11.2. The van der Waals surface area contributed by atoms with E-state index in [1.807, 2.05) is 30.3 Å².